The summed E-state index contributed by atoms with van der Waals surface area (Å²) < 4.78 is 26.7. The first-order chi connectivity index (χ1) is 19.0. The van der Waals surface area contributed by atoms with Gasteiger partial charge in [-0.25, -0.2) is 28.7 Å². The number of fused-ring (bicyclic) bond motifs is 1. The summed E-state index contributed by atoms with van der Waals surface area (Å²) in [4.78, 5) is 26.1. The van der Waals surface area contributed by atoms with Crippen molar-refractivity contribution in [3.05, 3.63) is 82.8 Å². The van der Waals surface area contributed by atoms with E-state index in [2.05, 4.69) is 65.4 Å². The number of halogens is 2. The second kappa shape index (κ2) is 12.1. The highest BCUT2D eigenvalue weighted by Gasteiger charge is 2.21. The van der Waals surface area contributed by atoms with Crippen LogP contribution in [0.5, 0.6) is 0 Å². The van der Waals surface area contributed by atoms with Crippen LogP contribution in [0.2, 0.25) is 0 Å². The SMILES string of the molecule is C=NC(=NC=C(C)Cc1ccc(F)c(F)c1)N1CCN(c2ncnc(Nc3ccc4c(c3)CNCC4)n2)CC1. The van der Waals surface area contributed by atoms with Gasteiger partial charge in [0.05, 0.1) is 0 Å². The predicted octanol–water partition coefficient (Wildman–Crippen LogP) is 3.86. The van der Waals surface area contributed by atoms with Crippen LogP contribution in [0.25, 0.3) is 0 Å². The lowest BCUT2D eigenvalue weighted by atomic mass is 10.0. The zero-order valence-electron chi connectivity index (χ0n) is 21.9. The number of hydrogen-bond donors (Lipinski definition) is 2. The third-order valence-electron chi connectivity index (χ3n) is 6.76. The Labute approximate surface area is 226 Å². The summed E-state index contributed by atoms with van der Waals surface area (Å²) in [5, 5.41) is 6.71. The molecule has 3 aromatic rings. The minimum atomic E-state index is -0.854. The van der Waals surface area contributed by atoms with Crippen molar-refractivity contribution in [1.82, 2.24) is 25.2 Å². The highest BCUT2D eigenvalue weighted by molar-refractivity contribution is 5.85. The fourth-order valence-corrected chi connectivity index (χ4v) is 4.70. The number of allylic oxidation sites excluding steroid dienone is 1. The van der Waals surface area contributed by atoms with E-state index in [0.717, 1.165) is 36.8 Å². The number of nitrogens with one attached hydrogen (secondary N) is 2. The molecule has 2 aliphatic heterocycles. The van der Waals surface area contributed by atoms with E-state index >= 15 is 0 Å². The Morgan fingerprint density at radius 2 is 1.92 bits per heavy atom. The maximum atomic E-state index is 13.5. The van der Waals surface area contributed by atoms with E-state index in [1.807, 2.05) is 11.8 Å². The molecule has 1 saturated heterocycles. The summed E-state index contributed by atoms with van der Waals surface area (Å²) in [6.45, 7) is 10.1. The van der Waals surface area contributed by atoms with Gasteiger partial charge < -0.3 is 20.4 Å². The van der Waals surface area contributed by atoms with Gasteiger partial charge in [0.25, 0.3) is 0 Å². The number of aliphatic imine (C=N–C) groups is 2. The van der Waals surface area contributed by atoms with Gasteiger partial charge in [-0.2, -0.15) is 4.98 Å². The lowest BCUT2D eigenvalue weighted by Crippen LogP contribution is -2.48. The standard InChI is InChI=1S/C28H31F2N9/c1-19(13-20-3-6-24(29)25(30)14-20)16-33-27(31-2)38-9-11-39(12-10-38)28-35-18-34-26(37-28)36-23-5-4-21-7-8-32-17-22(21)15-23/h3-6,14-16,18,32H,2,7-13,17H2,1H3,(H,34,35,36,37). The Kier molecular flexibility index (Phi) is 8.16. The molecule has 2 N–H and O–H groups in total. The van der Waals surface area contributed by atoms with Crippen LogP contribution in [-0.4, -0.2) is 65.3 Å². The van der Waals surface area contributed by atoms with Crippen molar-refractivity contribution in [1.29, 1.82) is 0 Å². The molecule has 39 heavy (non-hydrogen) atoms. The van der Waals surface area contributed by atoms with Crippen LogP contribution >= 0.6 is 0 Å². The zero-order chi connectivity index (χ0) is 27.2. The number of benzene rings is 2. The number of hydrogen-bond acceptors (Lipinski definition) is 7. The molecule has 0 radical (unpaired) electrons. The largest absolute Gasteiger partial charge is 0.337 e. The number of anilines is 3. The van der Waals surface area contributed by atoms with E-state index in [1.54, 1.807) is 12.3 Å². The summed E-state index contributed by atoms with van der Waals surface area (Å²) >= 11 is 0. The summed E-state index contributed by atoms with van der Waals surface area (Å²) in [5.41, 5.74) is 5.18. The molecule has 1 fully saturated rings. The van der Waals surface area contributed by atoms with Gasteiger partial charge >= 0.3 is 0 Å². The van der Waals surface area contributed by atoms with Crippen molar-refractivity contribution in [2.75, 3.05) is 42.9 Å². The summed E-state index contributed by atoms with van der Waals surface area (Å²) in [5.74, 6) is -0.0824. The van der Waals surface area contributed by atoms with Gasteiger partial charge in [0.1, 0.15) is 6.33 Å². The molecule has 0 saturated carbocycles. The lowest BCUT2D eigenvalue weighted by Gasteiger charge is -2.35. The molecule has 0 unspecified atom stereocenters. The first-order valence-electron chi connectivity index (χ1n) is 12.9. The van der Waals surface area contributed by atoms with E-state index in [9.17, 15) is 8.78 Å². The minimum Gasteiger partial charge on any atom is -0.337 e. The van der Waals surface area contributed by atoms with Gasteiger partial charge in [-0.15, -0.1) is 0 Å². The molecule has 0 atom stereocenters. The fourth-order valence-electron chi connectivity index (χ4n) is 4.70. The van der Waals surface area contributed by atoms with Crippen molar-refractivity contribution in [3.63, 3.8) is 0 Å². The summed E-state index contributed by atoms with van der Waals surface area (Å²) in [6.07, 6.45) is 4.71. The summed E-state index contributed by atoms with van der Waals surface area (Å²) in [7, 11) is 0. The normalized spacial score (nSPS) is 16.2. The average molecular weight is 532 g/mol. The Morgan fingerprint density at radius 3 is 2.72 bits per heavy atom. The van der Waals surface area contributed by atoms with E-state index in [-0.39, 0.29) is 0 Å². The number of rotatable bonds is 6. The van der Waals surface area contributed by atoms with Crippen LogP contribution in [-0.2, 0) is 19.4 Å². The number of guanidine groups is 1. The van der Waals surface area contributed by atoms with Crippen molar-refractivity contribution in [2.45, 2.75) is 26.3 Å². The monoisotopic (exact) mass is 531 g/mol. The van der Waals surface area contributed by atoms with Crippen LogP contribution in [0.3, 0.4) is 0 Å². The molecule has 11 heteroatoms. The van der Waals surface area contributed by atoms with Crippen LogP contribution in [0, 0.1) is 11.6 Å². The molecule has 1 aromatic heterocycles. The molecule has 9 nitrogen and oxygen atoms in total. The van der Waals surface area contributed by atoms with Gasteiger partial charge in [0.15, 0.2) is 11.6 Å². The van der Waals surface area contributed by atoms with Gasteiger partial charge in [-0.3, -0.25) is 0 Å². The molecule has 0 spiro atoms. The zero-order valence-corrected chi connectivity index (χ0v) is 21.9. The van der Waals surface area contributed by atoms with E-state index in [1.165, 1.54) is 23.5 Å². The quantitative estimate of drug-likeness (QED) is 0.369. The predicted molar refractivity (Wildman–Crippen MR) is 150 cm³/mol. The lowest BCUT2D eigenvalue weighted by molar-refractivity contribution is 0.380. The molecule has 3 heterocycles. The van der Waals surface area contributed by atoms with Crippen molar-refractivity contribution < 1.29 is 8.78 Å². The van der Waals surface area contributed by atoms with Gasteiger partial charge in [-0.1, -0.05) is 17.7 Å². The van der Waals surface area contributed by atoms with Crippen LogP contribution < -0.4 is 15.5 Å². The number of aromatic nitrogens is 3. The van der Waals surface area contributed by atoms with E-state index < -0.39 is 11.6 Å². The maximum Gasteiger partial charge on any atom is 0.231 e. The highest BCUT2D eigenvalue weighted by Crippen LogP contribution is 2.22. The molecule has 0 amide bonds. The molecule has 0 bridgehead atoms. The molecule has 2 aliphatic rings. The van der Waals surface area contributed by atoms with Crippen molar-refractivity contribution in [3.8, 4) is 0 Å². The third kappa shape index (κ3) is 6.61. The highest BCUT2D eigenvalue weighted by atomic mass is 19.2. The fraction of sp³-hybridized carbons (Fsp3) is 0.321. The van der Waals surface area contributed by atoms with Crippen molar-refractivity contribution >= 4 is 30.3 Å². The van der Waals surface area contributed by atoms with E-state index in [0.29, 0.717) is 56.0 Å². The second-order valence-corrected chi connectivity index (χ2v) is 9.61. The third-order valence-corrected chi connectivity index (χ3v) is 6.76. The van der Waals surface area contributed by atoms with Gasteiger partial charge in [0.2, 0.25) is 17.9 Å². The first kappa shape index (κ1) is 26.4. The average Bonchev–Trinajstić information content (AvgIpc) is 2.96. The Morgan fingerprint density at radius 1 is 1.08 bits per heavy atom. The van der Waals surface area contributed by atoms with E-state index in [4.69, 9.17) is 0 Å². The molecule has 2 aromatic carbocycles. The second-order valence-electron chi connectivity index (χ2n) is 9.61. The Hall–Kier alpha value is -4.25. The molecular formula is C28H31F2N9. The molecule has 202 valence electrons. The molecule has 5 rings (SSSR count). The molecule has 0 aliphatic carbocycles. The topological polar surface area (TPSA) is 93.9 Å². The first-order valence-corrected chi connectivity index (χ1v) is 12.9. The Balaban J connectivity index is 1.18. The summed E-state index contributed by atoms with van der Waals surface area (Å²) in [6, 6.07) is 10.3. The number of piperazine rings is 1. The van der Waals surface area contributed by atoms with Crippen molar-refractivity contribution in [2.24, 2.45) is 9.98 Å². The van der Waals surface area contributed by atoms with Crippen LogP contribution in [0.1, 0.15) is 23.6 Å². The number of nitrogens with zero attached hydrogens (tertiary/aromatic N) is 7. The smallest absolute Gasteiger partial charge is 0.231 e. The Bertz CT molecular complexity index is 1400. The van der Waals surface area contributed by atoms with Crippen LogP contribution in [0.4, 0.5) is 26.4 Å². The van der Waals surface area contributed by atoms with Gasteiger partial charge in [-0.05, 0) is 74.0 Å². The van der Waals surface area contributed by atoms with Crippen LogP contribution in [0.15, 0.2) is 64.5 Å². The molecular weight excluding hydrogens is 500 g/mol. The van der Waals surface area contributed by atoms with Gasteiger partial charge in [0, 0.05) is 44.6 Å². The minimum absolute atomic E-state index is 0.455. The maximum absolute atomic E-state index is 13.5.